The summed E-state index contributed by atoms with van der Waals surface area (Å²) in [4.78, 5) is 4.59. The molecule has 0 bridgehead atoms. The Hall–Kier alpha value is -2.36. The lowest BCUT2D eigenvalue weighted by molar-refractivity contribution is 0.373. The monoisotopic (exact) mass is 267 g/mol. The van der Waals surface area contributed by atoms with Crippen molar-refractivity contribution in [3.05, 3.63) is 42.2 Å². The first kappa shape index (κ1) is 12.7. The van der Waals surface area contributed by atoms with E-state index in [0.29, 0.717) is 5.92 Å². The zero-order valence-electron chi connectivity index (χ0n) is 11.7. The summed E-state index contributed by atoms with van der Waals surface area (Å²) in [6, 6.07) is 12.7. The topological polar surface area (TPSA) is 48.2 Å². The van der Waals surface area contributed by atoms with Crippen LogP contribution in [0, 0.1) is 6.07 Å². The second-order valence-electron chi connectivity index (χ2n) is 4.94. The van der Waals surface area contributed by atoms with Crippen molar-refractivity contribution in [1.29, 1.82) is 0 Å². The average Bonchev–Trinajstić information content (AvgIpc) is 2.96. The van der Waals surface area contributed by atoms with Crippen molar-refractivity contribution < 1.29 is 9.26 Å². The summed E-state index contributed by atoms with van der Waals surface area (Å²) >= 11 is 0. The van der Waals surface area contributed by atoms with Crippen LogP contribution in [0.1, 0.15) is 25.5 Å². The molecule has 4 nitrogen and oxygen atoms in total. The minimum atomic E-state index is 0.306. The lowest BCUT2D eigenvalue weighted by Crippen LogP contribution is -1.88. The van der Waals surface area contributed by atoms with Crippen molar-refractivity contribution in [2.24, 2.45) is 0 Å². The molecule has 101 valence electrons. The summed E-state index contributed by atoms with van der Waals surface area (Å²) in [5.41, 5.74) is 2.31. The van der Waals surface area contributed by atoms with Crippen LogP contribution < -0.4 is 4.74 Å². The molecule has 0 aliphatic heterocycles. The molecule has 0 fully saturated rings. The largest absolute Gasteiger partial charge is 0.497 e. The fourth-order valence-corrected chi connectivity index (χ4v) is 1.97. The maximum atomic E-state index is 5.31. The summed E-state index contributed by atoms with van der Waals surface area (Å²) in [6.45, 7) is 4.13. The number of benzene rings is 1. The molecule has 0 atom stereocenters. The molecule has 0 spiro atoms. The van der Waals surface area contributed by atoms with Gasteiger partial charge in [-0.2, -0.15) is 0 Å². The SMILES string of the molecule is COc1ccc2[c]cc(-c3cc(C(C)C)on3)nc2c1. The van der Waals surface area contributed by atoms with Crippen molar-refractivity contribution >= 4 is 10.9 Å². The number of hydrogen-bond donors (Lipinski definition) is 0. The normalized spacial score (nSPS) is 11.2. The van der Waals surface area contributed by atoms with Gasteiger partial charge in [-0.15, -0.1) is 0 Å². The smallest absolute Gasteiger partial charge is 0.139 e. The number of rotatable bonds is 3. The molecule has 3 aromatic rings. The third-order valence-corrected chi connectivity index (χ3v) is 3.17. The Morgan fingerprint density at radius 1 is 1.20 bits per heavy atom. The molecule has 0 unspecified atom stereocenters. The van der Waals surface area contributed by atoms with Gasteiger partial charge in [0.25, 0.3) is 0 Å². The van der Waals surface area contributed by atoms with Crippen LogP contribution in [0.15, 0.2) is 34.9 Å². The molecule has 0 N–H and O–H groups in total. The molecule has 3 rings (SSSR count). The van der Waals surface area contributed by atoms with Gasteiger partial charge in [0.15, 0.2) is 0 Å². The maximum absolute atomic E-state index is 5.31. The quantitative estimate of drug-likeness (QED) is 0.723. The van der Waals surface area contributed by atoms with Gasteiger partial charge in [0.2, 0.25) is 0 Å². The van der Waals surface area contributed by atoms with E-state index in [2.05, 4.69) is 30.1 Å². The summed E-state index contributed by atoms with van der Waals surface area (Å²) in [5.74, 6) is 1.94. The lowest BCUT2D eigenvalue weighted by atomic mass is 10.1. The minimum absolute atomic E-state index is 0.306. The number of fused-ring (bicyclic) bond motifs is 1. The molecule has 0 saturated carbocycles. The molecule has 0 saturated heterocycles. The van der Waals surface area contributed by atoms with Crippen LogP contribution in [0.4, 0.5) is 0 Å². The zero-order chi connectivity index (χ0) is 14.1. The lowest BCUT2D eigenvalue weighted by Gasteiger charge is -2.02. The van der Waals surface area contributed by atoms with Crippen LogP contribution in [0.5, 0.6) is 5.75 Å². The summed E-state index contributed by atoms with van der Waals surface area (Å²) < 4.78 is 10.5. The van der Waals surface area contributed by atoms with Crippen molar-refractivity contribution in [3.8, 4) is 17.1 Å². The summed E-state index contributed by atoms with van der Waals surface area (Å²) in [7, 11) is 1.64. The Morgan fingerprint density at radius 3 is 2.75 bits per heavy atom. The van der Waals surface area contributed by atoms with E-state index in [-0.39, 0.29) is 0 Å². The molecule has 2 heterocycles. The Balaban J connectivity index is 2.06. The number of pyridine rings is 1. The summed E-state index contributed by atoms with van der Waals surface area (Å²) in [6.07, 6.45) is 0. The van der Waals surface area contributed by atoms with Gasteiger partial charge in [0, 0.05) is 23.4 Å². The Morgan fingerprint density at radius 2 is 2.05 bits per heavy atom. The van der Waals surface area contributed by atoms with E-state index in [4.69, 9.17) is 9.26 Å². The van der Waals surface area contributed by atoms with Crippen LogP contribution in [0.2, 0.25) is 0 Å². The van der Waals surface area contributed by atoms with Crippen molar-refractivity contribution in [2.75, 3.05) is 7.11 Å². The van der Waals surface area contributed by atoms with E-state index in [1.807, 2.05) is 30.3 Å². The fourth-order valence-electron chi connectivity index (χ4n) is 1.97. The molecule has 20 heavy (non-hydrogen) atoms. The van der Waals surface area contributed by atoms with Crippen LogP contribution in [-0.4, -0.2) is 17.3 Å². The van der Waals surface area contributed by atoms with Crippen LogP contribution in [0.25, 0.3) is 22.3 Å². The van der Waals surface area contributed by atoms with E-state index >= 15 is 0 Å². The second kappa shape index (κ2) is 4.96. The third-order valence-electron chi connectivity index (χ3n) is 3.17. The Labute approximate surface area is 117 Å². The van der Waals surface area contributed by atoms with E-state index in [9.17, 15) is 0 Å². The Kier molecular flexibility index (Phi) is 3.14. The van der Waals surface area contributed by atoms with Crippen LogP contribution in [-0.2, 0) is 0 Å². The van der Waals surface area contributed by atoms with Gasteiger partial charge in [-0.3, -0.25) is 0 Å². The second-order valence-corrected chi connectivity index (χ2v) is 4.94. The first-order valence-electron chi connectivity index (χ1n) is 6.51. The number of methoxy groups -OCH3 is 1. The fraction of sp³-hybridized carbons (Fsp3) is 0.250. The average molecular weight is 267 g/mol. The molecule has 4 heteroatoms. The Bertz CT molecular complexity index is 747. The standard InChI is InChI=1S/C16H15N2O2/c1-10(2)16-9-15(18-20-16)13-7-5-11-4-6-12(19-3)8-14(11)17-13/h4,6-10H,1-3H3. The van der Waals surface area contributed by atoms with E-state index < -0.39 is 0 Å². The highest BCUT2D eigenvalue weighted by Crippen LogP contribution is 2.25. The highest BCUT2D eigenvalue weighted by molar-refractivity contribution is 5.81. The molecule has 0 aliphatic carbocycles. The number of aromatic nitrogens is 2. The van der Waals surface area contributed by atoms with Gasteiger partial charge in [0.05, 0.1) is 18.3 Å². The van der Waals surface area contributed by atoms with Gasteiger partial charge in [-0.05, 0) is 24.3 Å². The summed E-state index contributed by atoms with van der Waals surface area (Å²) in [5, 5.41) is 5.01. The molecule has 0 amide bonds. The molecular weight excluding hydrogens is 252 g/mol. The van der Waals surface area contributed by atoms with Gasteiger partial charge >= 0.3 is 0 Å². The van der Waals surface area contributed by atoms with Gasteiger partial charge < -0.3 is 9.26 Å². The van der Waals surface area contributed by atoms with Crippen molar-refractivity contribution in [1.82, 2.24) is 10.1 Å². The highest BCUT2D eigenvalue weighted by Gasteiger charge is 2.11. The molecule has 0 aliphatic rings. The van der Waals surface area contributed by atoms with Crippen molar-refractivity contribution in [2.45, 2.75) is 19.8 Å². The number of hydrogen-bond acceptors (Lipinski definition) is 4. The van der Waals surface area contributed by atoms with Crippen LogP contribution >= 0.6 is 0 Å². The molecular formula is C16H15N2O2. The zero-order valence-corrected chi connectivity index (χ0v) is 11.7. The molecule has 1 radical (unpaired) electrons. The van der Waals surface area contributed by atoms with E-state index in [0.717, 1.165) is 33.8 Å². The predicted molar refractivity (Wildman–Crippen MR) is 76.7 cm³/mol. The van der Waals surface area contributed by atoms with E-state index in [1.165, 1.54) is 0 Å². The number of ether oxygens (including phenoxy) is 1. The van der Waals surface area contributed by atoms with Crippen molar-refractivity contribution in [3.63, 3.8) is 0 Å². The van der Waals surface area contributed by atoms with Gasteiger partial charge in [0.1, 0.15) is 17.2 Å². The third kappa shape index (κ3) is 2.25. The van der Waals surface area contributed by atoms with Crippen LogP contribution in [0.3, 0.4) is 0 Å². The predicted octanol–water partition coefficient (Wildman–Crippen LogP) is 3.82. The minimum Gasteiger partial charge on any atom is -0.497 e. The molecule has 2 aromatic heterocycles. The number of nitrogens with zero attached hydrogens (tertiary/aromatic N) is 2. The van der Waals surface area contributed by atoms with Gasteiger partial charge in [-0.25, -0.2) is 4.98 Å². The van der Waals surface area contributed by atoms with Gasteiger partial charge in [-0.1, -0.05) is 19.0 Å². The highest BCUT2D eigenvalue weighted by atomic mass is 16.5. The first-order valence-corrected chi connectivity index (χ1v) is 6.51. The molecule has 1 aromatic carbocycles. The van der Waals surface area contributed by atoms with E-state index in [1.54, 1.807) is 7.11 Å². The first-order chi connectivity index (χ1) is 9.67. The maximum Gasteiger partial charge on any atom is 0.139 e.